The fourth-order valence-corrected chi connectivity index (χ4v) is 3.52. The molecule has 0 aromatic heterocycles. The average Bonchev–Trinajstić information content (AvgIpc) is 3.15. The zero-order valence-electron chi connectivity index (χ0n) is 15.5. The number of hydrogen-bond acceptors (Lipinski definition) is 3. The fraction of sp³-hybridized carbons (Fsp3) is 0.130. The van der Waals surface area contributed by atoms with Gasteiger partial charge in [0.1, 0.15) is 0 Å². The highest BCUT2D eigenvalue weighted by Crippen LogP contribution is 2.37. The van der Waals surface area contributed by atoms with Crippen molar-refractivity contribution in [2.75, 3.05) is 10.3 Å². The van der Waals surface area contributed by atoms with E-state index in [1.54, 1.807) is 0 Å². The van der Waals surface area contributed by atoms with Crippen LogP contribution < -0.4 is 10.3 Å². The van der Waals surface area contributed by atoms with E-state index in [4.69, 9.17) is 16.7 Å². The minimum atomic E-state index is -0.0760. The van der Waals surface area contributed by atoms with Crippen LogP contribution in [-0.2, 0) is 4.79 Å². The lowest BCUT2D eigenvalue weighted by Gasteiger charge is -2.24. The largest absolute Gasteiger partial charge is 0.326 e. The monoisotopic (exact) mass is 389 g/mol. The lowest BCUT2D eigenvalue weighted by molar-refractivity contribution is -0.114. The molecule has 1 aliphatic heterocycles. The van der Waals surface area contributed by atoms with Gasteiger partial charge in [0, 0.05) is 24.1 Å². The fourth-order valence-electron chi connectivity index (χ4n) is 3.40. The summed E-state index contributed by atoms with van der Waals surface area (Å²) in [7, 11) is 0. The minimum absolute atomic E-state index is 0.0760. The summed E-state index contributed by atoms with van der Waals surface area (Å²) in [6.07, 6.45) is 0.788. The highest BCUT2D eigenvalue weighted by molar-refractivity contribution is 6.30. The van der Waals surface area contributed by atoms with Crippen LogP contribution in [-0.4, -0.2) is 11.6 Å². The Balaban J connectivity index is 1.67. The molecule has 3 aromatic rings. The van der Waals surface area contributed by atoms with Crippen LogP contribution in [0.25, 0.3) is 0 Å². The third kappa shape index (κ3) is 3.92. The van der Waals surface area contributed by atoms with Crippen LogP contribution in [0.1, 0.15) is 30.5 Å². The number of carbonyl (C=O) groups excluding carboxylic acids is 1. The number of carbonyl (C=O) groups is 1. The Labute approximate surface area is 169 Å². The maximum Gasteiger partial charge on any atom is 0.221 e. The molecule has 1 heterocycles. The smallest absolute Gasteiger partial charge is 0.221 e. The van der Waals surface area contributed by atoms with Gasteiger partial charge in [0.25, 0.3) is 0 Å². The highest BCUT2D eigenvalue weighted by Gasteiger charge is 2.29. The van der Waals surface area contributed by atoms with Crippen molar-refractivity contribution in [3.63, 3.8) is 0 Å². The van der Waals surface area contributed by atoms with Crippen molar-refractivity contribution in [3.8, 4) is 0 Å². The van der Waals surface area contributed by atoms with Crippen molar-refractivity contribution >= 4 is 34.6 Å². The first kappa shape index (κ1) is 18.3. The van der Waals surface area contributed by atoms with Gasteiger partial charge in [-0.25, -0.2) is 0 Å². The van der Waals surface area contributed by atoms with Crippen LogP contribution >= 0.6 is 11.6 Å². The quantitative estimate of drug-likeness (QED) is 0.626. The van der Waals surface area contributed by atoms with Gasteiger partial charge < -0.3 is 5.32 Å². The molecule has 0 spiro atoms. The number of hydrogen-bond donors (Lipinski definition) is 1. The first-order valence-electron chi connectivity index (χ1n) is 9.15. The average molecular weight is 390 g/mol. The van der Waals surface area contributed by atoms with Crippen LogP contribution in [0.5, 0.6) is 0 Å². The van der Waals surface area contributed by atoms with Crippen molar-refractivity contribution in [1.82, 2.24) is 0 Å². The summed E-state index contributed by atoms with van der Waals surface area (Å²) in [4.78, 5) is 11.3. The molecule has 140 valence electrons. The SMILES string of the molecule is CC(=O)Nc1ccc([C@@H]2CC(c3ccc(Cl)cc3)=NN2c2ccccc2)cc1. The molecule has 5 heteroatoms. The van der Waals surface area contributed by atoms with Gasteiger partial charge in [-0.05, 0) is 47.5 Å². The van der Waals surface area contributed by atoms with Gasteiger partial charge in [0.15, 0.2) is 0 Å². The normalized spacial score (nSPS) is 16.0. The van der Waals surface area contributed by atoms with E-state index in [9.17, 15) is 4.79 Å². The third-order valence-corrected chi connectivity index (χ3v) is 4.98. The molecule has 4 nitrogen and oxygen atoms in total. The molecular formula is C23H20ClN3O. The number of hydrazone groups is 1. The number of rotatable bonds is 4. The summed E-state index contributed by atoms with van der Waals surface area (Å²) in [6.45, 7) is 1.51. The Morgan fingerprint density at radius 3 is 2.32 bits per heavy atom. The molecule has 1 aliphatic rings. The van der Waals surface area contributed by atoms with Crippen molar-refractivity contribution in [2.24, 2.45) is 5.10 Å². The van der Waals surface area contributed by atoms with Crippen molar-refractivity contribution in [3.05, 3.63) is 95.0 Å². The first-order chi connectivity index (χ1) is 13.6. The molecule has 1 atom stereocenters. The molecule has 28 heavy (non-hydrogen) atoms. The van der Waals surface area contributed by atoms with E-state index in [0.29, 0.717) is 5.02 Å². The van der Waals surface area contributed by atoms with Crippen LogP contribution in [0.2, 0.25) is 5.02 Å². The summed E-state index contributed by atoms with van der Waals surface area (Å²) < 4.78 is 0. The van der Waals surface area contributed by atoms with Crippen LogP contribution in [0.3, 0.4) is 0 Å². The maximum absolute atomic E-state index is 11.3. The molecule has 0 fully saturated rings. The zero-order chi connectivity index (χ0) is 19.5. The molecule has 0 unspecified atom stereocenters. The second kappa shape index (κ2) is 7.87. The van der Waals surface area contributed by atoms with E-state index in [-0.39, 0.29) is 11.9 Å². The zero-order valence-corrected chi connectivity index (χ0v) is 16.2. The summed E-state index contributed by atoms with van der Waals surface area (Å²) in [5, 5.41) is 10.5. The number of para-hydroxylation sites is 1. The molecular weight excluding hydrogens is 370 g/mol. The van der Waals surface area contributed by atoms with Gasteiger partial charge >= 0.3 is 0 Å². The van der Waals surface area contributed by atoms with Crippen molar-refractivity contribution < 1.29 is 4.79 Å². The Kier molecular flexibility index (Phi) is 5.13. The molecule has 1 N–H and O–H groups in total. The van der Waals surface area contributed by atoms with Crippen LogP contribution in [0.15, 0.2) is 84.0 Å². The van der Waals surface area contributed by atoms with E-state index < -0.39 is 0 Å². The first-order valence-corrected chi connectivity index (χ1v) is 9.53. The van der Waals surface area contributed by atoms with Gasteiger partial charge in [-0.1, -0.05) is 54.1 Å². The van der Waals surface area contributed by atoms with E-state index in [1.165, 1.54) is 6.92 Å². The molecule has 3 aromatic carbocycles. The molecule has 0 radical (unpaired) electrons. The van der Waals surface area contributed by atoms with Gasteiger partial charge in [-0.2, -0.15) is 5.10 Å². The van der Waals surface area contributed by atoms with Gasteiger partial charge in [-0.15, -0.1) is 0 Å². The lowest BCUT2D eigenvalue weighted by Crippen LogP contribution is -2.18. The van der Waals surface area contributed by atoms with E-state index >= 15 is 0 Å². The minimum Gasteiger partial charge on any atom is -0.326 e. The number of benzene rings is 3. The standard InChI is InChI=1S/C23H20ClN3O/c1-16(28)25-20-13-9-18(10-14-20)23-15-22(17-7-11-19(24)12-8-17)26-27(23)21-5-3-2-4-6-21/h2-14,23H,15H2,1H3,(H,25,28)/t23-/m0/s1. The Bertz CT molecular complexity index is 998. The molecule has 0 aliphatic carbocycles. The van der Waals surface area contributed by atoms with Crippen LogP contribution in [0.4, 0.5) is 11.4 Å². The van der Waals surface area contributed by atoms with E-state index in [2.05, 4.69) is 22.5 Å². The van der Waals surface area contributed by atoms with Gasteiger partial charge in [0.2, 0.25) is 5.91 Å². The molecule has 4 rings (SSSR count). The van der Waals surface area contributed by atoms with Gasteiger partial charge in [-0.3, -0.25) is 9.80 Å². The molecule has 0 saturated heterocycles. The van der Waals surface area contributed by atoms with Gasteiger partial charge in [0.05, 0.1) is 17.4 Å². The Morgan fingerprint density at radius 1 is 1.00 bits per heavy atom. The summed E-state index contributed by atoms with van der Waals surface area (Å²) in [5.41, 5.74) is 5.08. The predicted octanol–water partition coefficient (Wildman–Crippen LogP) is 5.65. The number of amides is 1. The third-order valence-electron chi connectivity index (χ3n) is 4.72. The molecule has 1 amide bonds. The summed E-state index contributed by atoms with van der Waals surface area (Å²) >= 11 is 6.04. The topological polar surface area (TPSA) is 44.7 Å². The Hall–Kier alpha value is -3.11. The van der Waals surface area contributed by atoms with Crippen LogP contribution in [0, 0.1) is 0 Å². The number of halogens is 1. The summed E-state index contributed by atoms with van der Waals surface area (Å²) in [6, 6.07) is 26.0. The van der Waals surface area contributed by atoms with Crippen molar-refractivity contribution in [1.29, 1.82) is 0 Å². The van der Waals surface area contributed by atoms with Crippen molar-refractivity contribution in [2.45, 2.75) is 19.4 Å². The lowest BCUT2D eigenvalue weighted by atomic mass is 9.98. The number of nitrogens with zero attached hydrogens (tertiary/aromatic N) is 2. The summed E-state index contributed by atoms with van der Waals surface area (Å²) in [5.74, 6) is -0.0760. The highest BCUT2D eigenvalue weighted by atomic mass is 35.5. The second-order valence-electron chi connectivity index (χ2n) is 6.76. The van der Waals surface area contributed by atoms with E-state index in [0.717, 1.165) is 34.6 Å². The molecule has 0 bridgehead atoms. The molecule has 0 saturated carbocycles. The Morgan fingerprint density at radius 2 is 1.68 bits per heavy atom. The number of anilines is 2. The number of nitrogens with one attached hydrogen (secondary N) is 1. The second-order valence-corrected chi connectivity index (χ2v) is 7.19. The van der Waals surface area contributed by atoms with E-state index in [1.807, 2.05) is 66.7 Å². The maximum atomic E-state index is 11.3. The predicted molar refractivity (Wildman–Crippen MR) is 115 cm³/mol.